The summed E-state index contributed by atoms with van der Waals surface area (Å²) in [6.45, 7) is 4.00. The highest BCUT2D eigenvalue weighted by molar-refractivity contribution is 5.71. The zero-order chi connectivity index (χ0) is 17.6. The zero-order valence-corrected chi connectivity index (χ0v) is 14.9. The van der Waals surface area contributed by atoms with E-state index in [4.69, 9.17) is 0 Å². The number of aromatic nitrogens is 1. The Kier molecular flexibility index (Phi) is 5.60. The molecule has 1 nitrogen and oxygen atoms in total. The van der Waals surface area contributed by atoms with Crippen molar-refractivity contribution in [2.45, 2.75) is 39.5 Å². The Balaban J connectivity index is 1.82. The van der Waals surface area contributed by atoms with Gasteiger partial charge in [0.05, 0.1) is 5.69 Å². The topological polar surface area (TPSA) is 12.9 Å². The third-order valence-electron chi connectivity index (χ3n) is 4.56. The molecular formula is C23H24FN. The summed E-state index contributed by atoms with van der Waals surface area (Å²) in [5, 5.41) is 0. The van der Waals surface area contributed by atoms with E-state index in [-0.39, 0.29) is 5.82 Å². The molecule has 128 valence electrons. The van der Waals surface area contributed by atoms with Crippen molar-refractivity contribution in [3.8, 4) is 22.4 Å². The van der Waals surface area contributed by atoms with Gasteiger partial charge in [-0.3, -0.25) is 4.98 Å². The van der Waals surface area contributed by atoms with Crippen molar-refractivity contribution in [3.05, 3.63) is 77.7 Å². The van der Waals surface area contributed by atoms with Crippen molar-refractivity contribution in [1.82, 2.24) is 4.98 Å². The first-order valence-corrected chi connectivity index (χ1v) is 8.99. The van der Waals surface area contributed by atoms with Crippen LogP contribution in [0.3, 0.4) is 0 Å². The molecule has 0 aliphatic heterocycles. The number of pyridine rings is 1. The van der Waals surface area contributed by atoms with Crippen molar-refractivity contribution in [3.63, 3.8) is 0 Å². The van der Waals surface area contributed by atoms with Gasteiger partial charge in [-0.15, -0.1) is 0 Å². The molecule has 0 bridgehead atoms. The van der Waals surface area contributed by atoms with E-state index >= 15 is 0 Å². The van der Waals surface area contributed by atoms with Crippen molar-refractivity contribution >= 4 is 0 Å². The van der Waals surface area contributed by atoms with E-state index < -0.39 is 0 Å². The van der Waals surface area contributed by atoms with Crippen LogP contribution in [0.5, 0.6) is 0 Å². The second-order valence-corrected chi connectivity index (χ2v) is 6.55. The third kappa shape index (κ3) is 4.33. The fourth-order valence-corrected chi connectivity index (χ4v) is 2.95. The fraction of sp³-hybridized carbons (Fsp3) is 0.261. The minimum atomic E-state index is -0.169. The largest absolute Gasteiger partial charge is 0.256 e. The zero-order valence-electron chi connectivity index (χ0n) is 14.9. The SMILES string of the molecule is CCCCCc1ccc(-c2cccc(-c3ccc(C)c(F)c3)c2)nc1. The number of benzene rings is 2. The predicted octanol–water partition coefficient (Wildman–Crippen LogP) is 6.60. The van der Waals surface area contributed by atoms with Gasteiger partial charge in [-0.1, -0.05) is 56.2 Å². The van der Waals surface area contributed by atoms with Gasteiger partial charge in [-0.25, -0.2) is 4.39 Å². The molecule has 0 amide bonds. The number of hydrogen-bond acceptors (Lipinski definition) is 1. The van der Waals surface area contributed by atoms with E-state index in [1.54, 1.807) is 13.0 Å². The van der Waals surface area contributed by atoms with Crippen LogP contribution in [0.25, 0.3) is 22.4 Å². The maximum Gasteiger partial charge on any atom is 0.126 e. The van der Waals surface area contributed by atoms with E-state index in [0.29, 0.717) is 5.56 Å². The van der Waals surface area contributed by atoms with Crippen LogP contribution >= 0.6 is 0 Å². The summed E-state index contributed by atoms with van der Waals surface area (Å²) in [5.41, 5.74) is 5.85. The molecule has 0 atom stereocenters. The van der Waals surface area contributed by atoms with Crippen LogP contribution in [-0.4, -0.2) is 4.98 Å². The molecule has 0 radical (unpaired) electrons. The van der Waals surface area contributed by atoms with Gasteiger partial charge < -0.3 is 0 Å². The third-order valence-corrected chi connectivity index (χ3v) is 4.56. The molecule has 0 fully saturated rings. The Bertz CT molecular complexity index is 837. The number of aryl methyl sites for hydroxylation is 2. The molecule has 25 heavy (non-hydrogen) atoms. The highest BCUT2D eigenvalue weighted by atomic mass is 19.1. The average Bonchev–Trinajstić information content (AvgIpc) is 2.65. The molecule has 0 saturated heterocycles. The van der Waals surface area contributed by atoms with Crippen molar-refractivity contribution in [2.24, 2.45) is 0 Å². The number of rotatable bonds is 6. The Morgan fingerprint density at radius 1 is 0.880 bits per heavy atom. The Morgan fingerprint density at radius 2 is 1.68 bits per heavy atom. The Morgan fingerprint density at radius 3 is 2.40 bits per heavy atom. The maximum atomic E-state index is 13.8. The number of nitrogens with zero attached hydrogens (tertiary/aromatic N) is 1. The molecular weight excluding hydrogens is 309 g/mol. The normalized spacial score (nSPS) is 10.8. The summed E-state index contributed by atoms with van der Waals surface area (Å²) in [4.78, 5) is 4.62. The van der Waals surface area contributed by atoms with Crippen LogP contribution in [0.1, 0.15) is 37.3 Å². The quantitative estimate of drug-likeness (QED) is 0.463. The van der Waals surface area contributed by atoms with Gasteiger partial charge in [0.1, 0.15) is 5.82 Å². The minimum absolute atomic E-state index is 0.169. The van der Waals surface area contributed by atoms with Crippen molar-refractivity contribution in [1.29, 1.82) is 0 Å². The van der Waals surface area contributed by atoms with Gasteiger partial charge >= 0.3 is 0 Å². The summed E-state index contributed by atoms with van der Waals surface area (Å²) in [6.07, 6.45) is 6.77. The highest BCUT2D eigenvalue weighted by Gasteiger charge is 2.05. The maximum absolute atomic E-state index is 13.8. The van der Waals surface area contributed by atoms with Crippen LogP contribution in [0.4, 0.5) is 4.39 Å². The van der Waals surface area contributed by atoms with E-state index in [2.05, 4.69) is 30.1 Å². The molecule has 2 heteroatoms. The lowest BCUT2D eigenvalue weighted by Gasteiger charge is -2.07. The Hall–Kier alpha value is -2.48. The molecule has 3 rings (SSSR count). The number of unbranched alkanes of at least 4 members (excludes halogenated alkanes) is 2. The van der Waals surface area contributed by atoms with Crippen molar-refractivity contribution in [2.75, 3.05) is 0 Å². The van der Waals surface area contributed by atoms with Crippen LogP contribution in [0.2, 0.25) is 0 Å². The molecule has 0 N–H and O–H groups in total. The van der Waals surface area contributed by atoms with E-state index in [0.717, 1.165) is 28.8 Å². The lowest BCUT2D eigenvalue weighted by molar-refractivity contribution is 0.619. The number of hydrogen-bond donors (Lipinski definition) is 0. The summed E-state index contributed by atoms with van der Waals surface area (Å²) in [6, 6.07) is 17.7. The van der Waals surface area contributed by atoms with Crippen LogP contribution in [0, 0.1) is 12.7 Å². The molecule has 0 aliphatic carbocycles. The molecule has 0 unspecified atom stereocenters. The van der Waals surface area contributed by atoms with Gasteiger partial charge in [-0.2, -0.15) is 0 Å². The monoisotopic (exact) mass is 333 g/mol. The first kappa shape index (κ1) is 17.3. The van der Waals surface area contributed by atoms with Gasteiger partial charge in [0.2, 0.25) is 0 Å². The van der Waals surface area contributed by atoms with Gasteiger partial charge in [0, 0.05) is 11.8 Å². The summed E-state index contributed by atoms with van der Waals surface area (Å²) in [7, 11) is 0. The van der Waals surface area contributed by atoms with Crippen molar-refractivity contribution < 1.29 is 4.39 Å². The first-order chi connectivity index (χ1) is 12.2. The number of halogens is 1. The molecule has 0 spiro atoms. The first-order valence-electron chi connectivity index (χ1n) is 8.99. The van der Waals surface area contributed by atoms with Gasteiger partial charge in [-0.05, 0) is 60.2 Å². The van der Waals surface area contributed by atoms with Gasteiger partial charge in [0.15, 0.2) is 0 Å². The molecule has 2 aromatic carbocycles. The molecule has 1 aromatic heterocycles. The van der Waals surface area contributed by atoms with Crippen LogP contribution in [0.15, 0.2) is 60.8 Å². The smallest absolute Gasteiger partial charge is 0.126 e. The molecule has 3 aromatic rings. The molecule has 1 heterocycles. The van der Waals surface area contributed by atoms with E-state index in [1.165, 1.54) is 24.8 Å². The Labute approximate surface area is 149 Å². The fourth-order valence-electron chi connectivity index (χ4n) is 2.95. The lowest BCUT2D eigenvalue weighted by Crippen LogP contribution is -1.90. The predicted molar refractivity (Wildman–Crippen MR) is 103 cm³/mol. The van der Waals surface area contributed by atoms with Crippen LogP contribution < -0.4 is 0 Å². The average molecular weight is 333 g/mol. The highest BCUT2D eigenvalue weighted by Crippen LogP contribution is 2.26. The van der Waals surface area contributed by atoms with Crippen LogP contribution in [-0.2, 0) is 6.42 Å². The summed E-state index contributed by atoms with van der Waals surface area (Å²) >= 11 is 0. The van der Waals surface area contributed by atoms with Gasteiger partial charge in [0.25, 0.3) is 0 Å². The second-order valence-electron chi connectivity index (χ2n) is 6.55. The van der Waals surface area contributed by atoms with E-state index in [9.17, 15) is 4.39 Å². The second kappa shape index (κ2) is 8.06. The minimum Gasteiger partial charge on any atom is -0.256 e. The van der Waals surface area contributed by atoms with E-state index in [1.807, 2.05) is 36.5 Å². The molecule has 0 saturated carbocycles. The summed E-state index contributed by atoms with van der Waals surface area (Å²) in [5.74, 6) is -0.169. The lowest BCUT2D eigenvalue weighted by atomic mass is 10.00. The summed E-state index contributed by atoms with van der Waals surface area (Å²) < 4.78 is 13.8. The standard InChI is InChI=1S/C23H24FN/c1-3-4-5-7-18-11-13-23(25-16-18)21-9-6-8-19(14-21)20-12-10-17(2)22(24)15-20/h6,8-16H,3-5,7H2,1-2H3. The molecule has 0 aliphatic rings.